The van der Waals surface area contributed by atoms with Crippen LogP contribution in [0.4, 0.5) is 5.69 Å². The summed E-state index contributed by atoms with van der Waals surface area (Å²) in [7, 11) is 1.60. The van der Waals surface area contributed by atoms with Crippen molar-refractivity contribution < 1.29 is 19.4 Å². The maximum Gasteiger partial charge on any atom is 0.335 e. The first-order valence-corrected chi connectivity index (χ1v) is 8.43. The van der Waals surface area contributed by atoms with Gasteiger partial charge in [0.15, 0.2) is 11.5 Å². The number of carboxylic acid groups (broad SMARTS) is 1. The smallest absolute Gasteiger partial charge is 0.335 e. The largest absolute Gasteiger partial charge is 0.493 e. The molecule has 0 radical (unpaired) electrons. The summed E-state index contributed by atoms with van der Waals surface area (Å²) >= 11 is 0. The number of hydrogen-bond donors (Lipinski definition) is 2. The molecular weight excluding hydrogens is 332 g/mol. The highest BCUT2D eigenvalue weighted by molar-refractivity contribution is 5.89. The molecule has 6 heteroatoms. The average molecular weight is 356 g/mol. The van der Waals surface area contributed by atoms with Crippen LogP contribution in [0.2, 0.25) is 0 Å². The molecule has 0 unspecified atom stereocenters. The third kappa shape index (κ3) is 5.81. The van der Waals surface area contributed by atoms with Crippen molar-refractivity contribution in [1.29, 1.82) is 0 Å². The lowest BCUT2D eigenvalue weighted by atomic mass is 10.1. The summed E-state index contributed by atoms with van der Waals surface area (Å²) in [6, 6.07) is 12.0. The van der Waals surface area contributed by atoms with E-state index in [1.807, 2.05) is 18.2 Å². The summed E-state index contributed by atoms with van der Waals surface area (Å²) in [5, 5.41) is 13.1. The SMILES string of the molecule is COc1cc(/C=N\Nc2cccc(C(=O)O)c2)ccc1OCCC(C)C. The molecule has 0 bridgehead atoms. The third-order valence-corrected chi connectivity index (χ3v) is 3.66. The molecule has 2 aromatic rings. The van der Waals surface area contributed by atoms with Crippen LogP contribution in [0.25, 0.3) is 0 Å². The predicted molar refractivity (Wildman–Crippen MR) is 103 cm³/mol. The Morgan fingerprint density at radius 1 is 1.23 bits per heavy atom. The normalized spacial score (nSPS) is 10.9. The van der Waals surface area contributed by atoms with Gasteiger partial charge in [0.05, 0.1) is 31.2 Å². The monoisotopic (exact) mass is 356 g/mol. The zero-order chi connectivity index (χ0) is 18.9. The van der Waals surface area contributed by atoms with Gasteiger partial charge in [0.2, 0.25) is 0 Å². The number of aromatic carboxylic acids is 1. The third-order valence-electron chi connectivity index (χ3n) is 3.66. The quantitative estimate of drug-likeness (QED) is 0.518. The lowest BCUT2D eigenvalue weighted by Crippen LogP contribution is -2.03. The molecule has 0 aliphatic carbocycles. The Morgan fingerprint density at radius 3 is 2.73 bits per heavy atom. The van der Waals surface area contributed by atoms with Crippen LogP contribution in [-0.4, -0.2) is 31.0 Å². The second-order valence-corrected chi connectivity index (χ2v) is 6.20. The van der Waals surface area contributed by atoms with Crippen molar-refractivity contribution in [2.24, 2.45) is 11.0 Å². The zero-order valence-corrected chi connectivity index (χ0v) is 15.2. The number of hydrazone groups is 1. The summed E-state index contributed by atoms with van der Waals surface area (Å²) < 4.78 is 11.1. The number of nitrogens with one attached hydrogen (secondary N) is 1. The van der Waals surface area contributed by atoms with E-state index >= 15 is 0 Å². The van der Waals surface area contributed by atoms with Crippen molar-refractivity contribution in [3.8, 4) is 11.5 Å². The van der Waals surface area contributed by atoms with Crippen LogP contribution in [0, 0.1) is 5.92 Å². The van der Waals surface area contributed by atoms with E-state index in [-0.39, 0.29) is 5.56 Å². The Bertz CT molecular complexity index is 772. The van der Waals surface area contributed by atoms with Gasteiger partial charge >= 0.3 is 5.97 Å². The van der Waals surface area contributed by atoms with Gasteiger partial charge in [0.25, 0.3) is 0 Å². The van der Waals surface area contributed by atoms with E-state index in [1.165, 1.54) is 12.1 Å². The minimum atomic E-state index is -0.976. The van der Waals surface area contributed by atoms with Gasteiger partial charge in [-0.1, -0.05) is 19.9 Å². The minimum absolute atomic E-state index is 0.203. The Labute approximate surface area is 153 Å². The lowest BCUT2D eigenvalue weighted by Gasteiger charge is -2.12. The maximum absolute atomic E-state index is 11.0. The number of nitrogens with zero attached hydrogens (tertiary/aromatic N) is 1. The molecule has 138 valence electrons. The molecule has 2 rings (SSSR count). The number of ether oxygens (including phenoxy) is 2. The molecule has 26 heavy (non-hydrogen) atoms. The first kappa shape index (κ1) is 19.3. The Balaban J connectivity index is 2.01. The number of rotatable bonds is 9. The second kappa shape index (κ2) is 9.46. The van der Waals surface area contributed by atoms with Crippen LogP contribution in [0.1, 0.15) is 36.2 Å². The standard InChI is InChI=1S/C20H24N2O4/c1-14(2)9-10-26-18-8-7-15(11-19(18)25-3)13-21-22-17-6-4-5-16(12-17)20(23)24/h4-8,11-14,22H,9-10H2,1-3H3,(H,23,24)/b21-13-. The van der Waals surface area contributed by atoms with Crippen LogP contribution in [0.15, 0.2) is 47.6 Å². The minimum Gasteiger partial charge on any atom is -0.493 e. The molecule has 0 atom stereocenters. The molecule has 0 aliphatic heterocycles. The van der Waals surface area contributed by atoms with Crippen LogP contribution in [-0.2, 0) is 0 Å². The van der Waals surface area contributed by atoms with E-state index in [1.54, 1.807) is 25.5 Å². The highest BCUT2D eigenvalue weighted by atomic mass is 16.5. The predicted octanol–water partition coefficient (Wildman–Crippen LogP) is 4.26. The first-order chi connectivity index (χ1) is 12.5. The van der Waals surface area contributed by atoms with Crippen molar-refractivity contribution >= 4 is 17.9 Å². The number of anilines is 1. The Kier molecular flexibility index (Phi) is 7.02. The fourth-order valence-corrected chi connectivity index (χ4v) is 2.19. The van der Waals surface area contributed by atoms with Gasteiger partial charge in [0, 0.05) is 0 Å². The van der Waals surface area contributed by atoms with Crippen LogP contribution >= 0.6 is 0 Å². The molecule has 0 aromatic heterocycles. The second-order valence-electron chi connectivity index (χ2n) is 6.20. The van der Waals surface area contributed by atoms with Crippen LogP contribution < -0.4 is 14.9 Å². The molecular formula is C20H24N2O4. The molecule has 0 aliphatic rings. The van der Waals surface area contributed by atoms with E-state index < -0.39 is 5.97 Å². The van der Waals surface area contributed by atoms with Crippen LogP contribution in [0.5, 0.6) is 11.5 Å². The van der Waals surface area contributed by atoms with Crippen molar-refractivity contribution in [3.05, 3.63) is 53.6 Å². The van der Waals surface area contributed by atoms with Crippen molar-refractivity contribution in [3.63, 3.8) is 0 Å². The van der Waals surface area contributed by atoms with E-state index in [9.17, 15) is 4.79 Å². The van der Waals surface area contributed by atoms with Gasteiger partial charge in [-0.3, -0.25) is 5.43 Å². The number of hydrogen-bond acceptors (Lipinski definition) is 5. The molecule has 0 saturated carbocycles. The van der Waals surface area contributed by atoms with Gasteiger partial charge in [-0.2, -0.15) is 5.10 Å². The van der Waals surface area contributed by atoms with Gasteiger partial charge in [-0.15, -0.1) is 0 Å². The van der Waals surface area contributed by atoms with Gasteiger partial charge < -0.3 is 14.6 Å². The Morgan fingerprint density at radius 2 is 2.04 bits per heavy atom. The molecule has 0 saturated heterocycles. The molecule has 2 aromatic carbocycles. The lowest BCUT2D eigenvalue weighted by molar-refractivity contribution is 0.0697. The van der Waals surface area contributed by atoms with E-state index in [2.05, 4.69) is 24.4 Å². The van der Waals surface area contributed by atoms with Gasteiger partial charge in [-0.05, 0) is 54.3 Å². The number of carbonyl (C=O) groups is 1. The summed E-state index contributed by atoms with van der Waals surface area (Å²) in [4.78, 5) is 11.0. The fraction of sp³-hybridized carbons (Fsp3) is 0.300. The summed E-state index contributed by atoms with van der Waals surface area (Å²) in [5.74, 6) is 0.950. The zero-order valence-electron chi connectivity index (χ0n) is 15.2. The first-order valence-electron chi connectivity index (χ1n) is 8.43. The fourth-order valence-electron chi connectivity index (χ4n) is 2.19. The van der Waals surface area contributed by atoms with Crippen molar-refractivity contribution in [2.75, 3.05) is 19.1 Å². The van der Waals surface area contributed by atoms with Gasteiger partial charge in [-0.25, -0.2) is 4.79 Å². The van der Waals surface area contributed by atoms with Crippen molar-refractivity contribution in [2.45, 2.75) is 20.3 Å². The van der Waals surface area contributed by atoms with Gasteiger partial charge in [0.1, 0.15) is 0 Å². The van der Waals surface area contributed by atoms with E-state index in [0.29, 0.717) is 29.7 Å². The molecule has 2 N–H and O–H groups in total. The molecule has 0 amide bonds. The number of carboxylic acids is 1. The number of methoxy groups -OCH3 is 1. The highest BCUT2D eigenvalue weighted by Gasteiger charge is 2.06. The molecule has 0 fully saturated rings. The topological polar surface area (TPSA) is 80.2 Å². The summed E-state index contributed by atoms with van der Waals surface area (Å²) in [5.41, 5.74) is 4.46. The molecule has 0 spiro atoms. The van der Waals surface area contributed by atoms with E-state index in [4.69, 9.17) is 14.6 Å². The molecule has 6 nitrogen and oxygen atoms in total. The van der Waals surface area contributed by atoms with Crippen LogP contribution in [0.3, 0.4) is 0 Å². The maximum atomic E-state index is 11.0. The highest BCUT2D eigenvalue weighted by Crippen LogP contribution is 2.28. The van der Waals surface area contributed by atoms with Crippen molar-refractivity contribution in [1.82, 2.24) is 0 Å². The Hall–Kier alpha value is -3.02. The average Bonchev–Trinajstić information content (AvgIpc) is 2.62. The number of benzene rings is 2. The summed E-state index contributed by atoms with van der Waals surface area (Å²) in [6.45, 7) is 4.95. The molecule has 0 heterocycles. The van der Waals surface area contributed by atoms with E-state index in [0.717, 1.165) is 12.0 Å². The summed E-state index contributed by atoms with van der Waals surface area (Å²) in [6.07, 6.45) is 2.61.